The van der Waals surface area contributed by atoms with E-state index < -0.39 is 40.7 Å². The minimum absolute atomic E-state index is 0.0546. The molecule has 244 valence electrons. The van der Waals surface area contributed by atoms with E-state index in [1.807, 2.05) is 72.0 Å². The summed E-state index contributed by atoms with van der Waals surface area (Å²) >= 11 is 1.95. The van der Waals surface area contributed by atoms with Crippen molar-refractivity contribution >= 4 is 34.3 Å². The summed E-state index contributed by atoms with van der Waals surface area (Å²) < 4.78 is 31.2. The van der Waals surface area contributed by atoms with Gasteiger partial charge in [0, 0.05) is 21.8 Å². The Labute approximate surface area is 282 Å². The summed E-state index contributed by atoms with van der Waals surface area (Å²) in [5, 5.41) is 22.6. The van der Waals surface area contributed by atoms with Gasteiger partial charge in [0.1, 0.15) is 30.7 Å². The lowest BCUT2D eigenvalue weighted by Crippen LogP contribution is -2.68. The molecule has 0 bridgehead atoms. The molecule has 0 spiro atoms. The molecule has 46 heavy (non-hydrogen) atoms. The number of methoxy groups -OCH3 is 1. The van der Waals surface area contributed by atoms with Crippen molar-refractivity contribution in [3.05, 3.63) is 92.6 Å². The molecule has 1 heterocycles. The Hall–Kier alpha value is -3.03. The smallest absolute Gasteiger partial charge is 0.339 e. The number of ketones is 1. The van der Waals surface area contributed by atoms with Crippen LogP contribution in [0.3, 0.4) is 0 Å². The van der Waals surface area contributed by atoms with Gasteiger partial charge in [0.05, 0.1) is 24.9 Å². The molecule has 0 amide bonds. The number of aromatic hydroxyl groups is 1. The van der Waals surface area contributed by atoms with Gasteiger partial charge >= 0.3 is 5.97 Å². The highest BCUT2D eigenvalue weighted by Crippen LogP contribution is 2.61. The van der Waals surface area contributed by atoms with E-state index in [1.54, 1.807) is 6.92 Å². The predicted molar refractivity (Wildman–Crippen MR) is 177 cm³/mol. The molecular weight excluding hydrogens is 703 g/mol. The lowest BCUT2D eigenvalue weighted by molar-refractivity contribution is -0.228. The number of fused-ring (bicyclic) bond motifs is 5. The molecule has 3 aliphatic carbocycles. The van der Waals surface area contributed by atoms with Crippen molar-refractivity contribution in [1.82, 2.24) is 0 Å². The molecule has 1 saturated carbocycles. The SMILES string of the molecule is C=C(C)[C@]12C[C@@H](C)[C@@]3(OCc4ccccc4)[C@@H](C=C(COC(=O)c4cc(OC)c(O)cc4I)C[C@]4(O)C(=O)C(C)=C[C@@H]34)[C@H]1OCO2. The first kappa shape index (κ1) is 32.9. The topological polar surface area (TPSA) is 121 Å². The van der Waals surface area contributed by atoms with Crippen molar-refractivity contribution in [2.75, 3.05) is 20.5 Å². The first-order valence-electron chi connectivity index (χ1n) is 15.4. The molecule has 1 aliphatic heterocycles. The van der Waals surface area contributed by atoms with Crippen LogP contribution in [0.2, 0.25) is 0 Å². The van der Waals surface area contributed by atoms with Gasteiger partial charge in [-0.05, 0) is 83.2 Å². The van der Waals surface area contributed by atoms with Gasteiger partial charge in [-0.2, -0.15) is 0 Å². The Morgan fingerprint density at radius 3 is 2.61 bits per heavy atom. The standard InChI is InChI=1S/C36H39IO9/c1-20(2)35-15-22(4)36(45-18-23-9-7-6-8-10-23)26(32(35)44-19-46-35)12-24(16-34(41)30(36)11-21(3)31(34)39)17-43-33(40)25-13-29(42-5)28(38)14-27(25)37/h6-14,22,26,30,32,38,41H,1,15-19H2,2-5H3/t22-,26+,30-,32-,34-,35-,36-/m1/s1. The minimum Gasteiger partial charge on any atom is -0.504 e. The summed E-state index contributed by atoms with van der Waals surface area (Å²) in [5.41, 5.74) is -0.691. The zero-order valence-electron chi connectivity index (χ0n) is 26.4. The molecule has 2 N–H and O–H groups in total. The van der Waals surface area contributed by atoms with E-state index >= 15 is 0 Å². The molecule has 2 aromatic carbocycles. The van der Waals surface area contributed by atoms with E-state index in [0.29, 0.717) is 21.1 Å². The van der Waals surface area contributed by atoms with Gasteiger partial charge in [0.15, 0.2) is 17.3 Å². The van der Waals surface area contributed by atoms with Crippen LogP contribution in [0.4, 0.5) is 0 Å². The van der Waals surface area contributed by atoms with Crippen LogP contribution in [0.1, 0.15) is 49.5 Å². The first-order valence-corrected chi connectivity index (χ1v) is 16.4. The van der Waals surface area contributed by atoms with Crippen LogP contribution in [-0.4, -0.2) is 65.4 Å². The summed E-state index contributed by atoms with van der Waals surface area (Å²) in [4.78, 5) is 27.2. The van der Waals surface area contributed by atoms with Gasteiger partial charge < -0.3 is 33.9 Å². The van der Waals surface area contributed by atoms with Gasteiger partial charge in [-0.3, -0.25) is 4.79 Å². The molecule has 4 aliphatic rings. The Kier molecular flexibility index (Phi) is 8.73. The number of esters is 1. The van der Waals surface area contributed by atoms with E-state index in [4.69, 9.17) is 23.7 Å². The van der Waals surface area contributed by atoms with Crippen LogP contribution in [0, 0.1) is 21.3 Å². The van der Waals surface area contributed by atoms with Crippen LogP contribution < -0.4 is 4.74 Å². The molecule has 0 radical (unpaired) electrons. The van der Waals surface area contributed by atoms with Crippen molar-refractivity contribution in [3.8, 4) is 11.5 Å². The number of aliphatic hydroxyl groups is 1. The molecule has 2 fully saturated rings. The monoisotopic (exact) mass is 742 g/mol. The maximum atomic E-state index is 13.8. The molecule has 0 unspecified atom stereocenters. The van der Waals surface area contributed by atoms with Crippen molar-refractivity contribution in [3.63, 3.8) is 0 Å². The largest absolute Gasteiger partial charge is 0.504 e. The van der Waals surface area contributed by atoms with Gasteiger partial charge in [-0.15, -0.1) is 0 Å². The van der Waals surface area contributed by atoms with Gasteiger partial charge in [0.2, 0.25) is 0 Å². The molecule has 6 rings (SSSR count). The second-order valence-electron chi connectivity index (χ2n) is 12.9. The average molecular weight is 743 g/mol. The average Bonchev–Trinajstić information content (AvgIpc) is 3.52. The summed E-state index contributed by atoms with van der Waals surface area (Å²) in [7, 11) is 1.40. The van der Waals surface area contributed by atoms with E-state index in [1.165, 1.54) is 19.2 Å². The second-order valence-corrected chi connectivity index (χ2v) is 14.1. The fourth-order valence-electron chi connectivity index (χ4n) is 8.06. The van der Waals surface area contributed by atoms with Crippen molar-refractivity contribution in [2.45, 2.75) is 63.1 Å². The van der Waals surface area contributed by atoms with Gasteiger partial charge in [-0.25, -0.2) is 4.79 Å². The number of carbonyl (C=O) groups is 2. The van der Waals surface area contributed by atoms with Gasteiger partial charge in [-0.1, -0.05) is 56.0 Å². The second kappa shape index (κ2) is 12.2. The third-order valence-electron chi connectivity index (χ3n) is 10.3. The summed E-state index contributed by atoms with van der Waals surface area (Å²) in [6, 6.07) is 12.7. The van der Waals surface area contributed by atoms with E-state index in [2.05, 4.69) is 13.5 Å². The normalized spacial score (nSPS) is 33.2. The molecule has 10 heteroatoms. The zero-order chi connectivity index (χ0) is 33.0. The van der Waals surface area contributed by atoms with Crippen LogP contribution in [-0.2, 0) is 30.3 Å². The molecule has 7 atom stereocenters. The number of phenols is 1. The highest BCUT2D eigenvalue weighted by atomic mass is 127. The molecule has 0 aromatic heterocycles. The summed E-state index contributed by atoms with van der Waals surface area (Å²) in [5.74, 6) is -2.39. The highest BCUT2D eigenvalue weighted by molar-refractivity contribution is 14.1. The fourth-order valence-corrected chi connectivity index (χ4v) is 8.73. The Bertz CT molecular complexity index is 1630. The van der Waals surface area contributed by atoms with E-state index in [0.717, 1.165) is 11.1 Å². The quantitative estimate of drug-likeness (QED) is 0.200. The molecular formula is C36H39IO9. The number of hydrogen-bond donors (Lipinski definition) is 2. The number of ether oxygens (including phenoxy) is 5. The van der Waals surface area contributed by atoms with Crippen LogP contribution in [0.25, 0.3) is 0 Å². The third kappa shape index (κ3) is 5.13. The van der Waals surface area contributed by atoms with Crippen LogP contribution in [0.15, 0.2) is 77.9 Å². The Balaban J connectivity index is 1.45. The van der Waals surface area contributed by atoms with Crippen LogP contribution in [0.5, 0.6) is 11.5 Å². The minimum atomic E-state index is -1.83. The highest BCUT2D eigenvalue weighted by Gasteiger charge is 2.70. The van der Waals surface area contributed by atoms with Crippen molar-refractivity contribution in [1.29, 1.82) is 0 Å². The molecule has 1 saturated heterocycles. The zero-order valence-corrected chi connectivity index (χ0v) is 28.5. The number of hydrogen-bond acceptors (Lipinski definition) is 9. The third-order valence-corrected chi connectivity index (χ3v) is 11.2. The maximum Gasteiger partial charge on any atom is 0.339 e. The Morgan fingerprint density at radius 1 is 1.17 bits per heavy atom. The first-order chi connectivity index (χ1) is 21.9. The number of Topliss-reactive ketones (excluding diaryl/α,β-unsaturated/α-hetero) is 1. The van der Waals surface area contributed by atoms with Crippen molar-refractivity contribution < 1.29 is 43.5 Å². The predicted octanol–water partition coefficient (Wildman–Crippen LogP) is 5.67. The number of halogens is 1. The fraction of sp³-hybridized carbons (Fsp3) is 0.444. The lowest BCUT2D eigenvalue weighted by Gasteiger charge is -2.58. The number of benzene rings is 2. The molecule has 2 aromatic rings. The Morgan fingerprint density at radius 2 is 1.91 bits per heavy atom. The summed E-state index contributed by atoms with van der Waals surface area (Å²) in [6.45, 7) is 10.2. The lowest BCUT2D eigenvalue weighted by atomic mass is 9.55. The maximum absolute atomic E-state index is 13.8. The van der Waals surface area contributed by atoms with Crippen LogP contribution >= 0.6 is 22.6 Å². The number of phenolic OH excluding ortho intramolecular Hbond substituents is 1. The van der Waals surface area contributed by atoms with Crippen molar-refractivity contribution in [2.24, 2.45) is 17.8 Å². The van der Waals surface area contributed by atoms with E-state index in [-0.39, 0.29) is 55.2 Å². The summed E-state index contributed by atoms with van der Waals surface area (Å²) in [6.07, 6.45) is 3.76. The number of rotatable bonds is 8. The van der Waals surface area contributed by atoms with E-state index in [9.17, 15) is 19.8 Å². The van der Waals surface area contributed by atoms with Gasteiger partial charge in [0.25, 0.3) is 0 Å². The molecule has 9 nitrogen and oxygen atoms in total. The number of carbonyl (C=O) groups excluding carboxylic acids is 2.